The van der Waals surface area contributed by atoms with Crippen LogP contribution in [0.25, 0.3) is 44.9 Å². The van der Waals surface area contributed by atoms with Gasteiger partial charge in [0.05, 0.1) is 16.7 Å². The zero-order chi connectivity index (χ0) is 29.9. The van der Waals surface area contributed by atoms with Crippen molar-refractivity contribution in [2.45, 2.75) is 78.6 Å². The Morgan fingerprint density at radius 1 is 0.707 bits per heavy atom. The number of aromatic nitrogens is 4. The molecule has 5 heteroatoms. The number of para-hydroxylation sites is 1. The van der Waals surface area contributed by atoms with Crippen molar-refractivity contribution >= 4 is 11.0 Å². The predicted molar refractivity (Wildman–Crippen MR) is 170 cm³/mol. The summed E-state index contributed by atoms with van der Waals surface area (Å²) in [5.41, 5.74) is 9.07. The molecule has 3 aromatic heterocycles. The smallest absolute Gasteiger partial charge is 0.163 e. The number of nitrogens with zero attached hydrogens (tertiary/aromatic N) is 4. The number of hydrogen-bond acceptors (Lipinski definition) is 4. The average molecular weight is 547 g/mol. The SMILES string of the molecule is Cn1c(-c2nc(C(C)(C)C)cc(C(C)(C)C)c2O)nc2c(-c3cc(-c4ccccn4)cc(C(C)(C)C)c3)cccc21. The largest absolute Gasteiger partial charge is 0.505 e. The fraction of sp³-hybridized carbons (Fsp3) is 0.361. The molecule has 0 saturated carbocycles. The summed E-state index contributed by atoms with van der Waals surface area (Å²) in [5, 5.41) is 11.6. The summed E-state index contributed by atoms with van der Waals surface area (Å²) in [7, 11) is 2.00. The Morgan fingerprint density at radius 3 is 2.02 bits per heavy atom. The Balaban J connectivity index is 1.78. The number of aromatic hydroxyl groups is 1. The standard InChI is InChI=1S/C36H42N4O/c1-34(2,3)24-19-22(18-23(20-24)27-15-11-12-17-37-27)25-14-13-16-28-30(25)39-33(40(28)10)31-32(41)26(35(4,5)6)21-29(38-31)36(7,8)9/h11-21,41H,1-10H3. The van der Waals surface area contributed by atoms with Crippen molar-refractivity contribution in [2.75, 3.05) is 0 Å². The summed E-state index contributed by atoms with van der Waals surface area (Å²) in [5.74, 6) is 0.844. The zero-order valence-corrected chi connectivity index (χ0v) is 26.1. The lowest BCUT2D eigenvalue weighted by molar-refractivity contribution is 0.441. The van der Waals surface area contributed by atoms with E-state index in [0.29, 0.717) is 11.5 Å². The number of pyridine rings is 2. The van der Waals surface area contributed by atoms with Crippen LogP contribution in [0.5, 0.6) is 5.75 Å². The molecule has 0 unspecified atom stereocenters. The van der Waals surface area contributed by atoms with E-state index in [0.717, 1.165) is 44.7 Å². The number of hydrogen-bond donors (Lipinski definition) is 1. The second-order valence-electron chi connectivity index (χ2n) is 14.2. The van der Waals surface area contributed by atoms with E-state index in [1.54, 1.807) is 0 Å². The van der Waals surface area contributed by atoms with Gasteiger partial charge in [-0.2, -0.15) is 0 Å². The quantitative estimate of drug-likeness (QED) is 0.245. The van der Waals surface area contributed by atoms with Gasteiger partial charge in [0.25, 0.3) is 0 Å². The van der Waals surface area contributed by atoms with Gasteiger partial charge in [-0.15, -0.1) is 0 Å². The van der Waals surface area contributed by atoms with Crippen molar-refractivity contribution in [3.63, 3.8) is 0 Å². The molecule has 5 aromatic rings. The highest BCUT2D eigenvalue weighted by Gasteiger charge is 2.29. The third-order valence-corrected chi connectivity index (χ3v) is 7.76. The van der Waals surface area contributed by atoms with Crippen LogP contribution in [0, 0.1) is 0 Å². The molecule has 5 nitrogen and oxygen atoms in total. The van der Waals surface area contributed by atoms with E-state index in [1.807, 2.05) is 36.0 Å². The summed E-state index contributed by atoms with van der Waals surface area (Å²) in [6.07, 6.45) is 1.83. The van der Waals surface area contributed by atoms with Crippen LogP contribution in [0.2, 0.25) is 0 Å². The van der Waals surface area contributed by atoms with Gasteiger partial charge >= 0.3 is 0 Å². The first kappa shape index (κ1) is 28.5. The molecule has 0 radical (unpaired) electrons. The summed E-state index contributed by atoms with van der Waals surface area (Å²) in [6.45, 7) is 19.5. The molecule has 0 amide bonds. The van der Waals surface area contributed by atoms with Gasteiger partial charge in [-0.25, -0.2) is 9.97 Å². The van der Waals surface area contributed by atoms with Crippen molar-refractivity contribution in [1.82, 2.24) is 19.5 Å². The van der Waals surface area contributed by atoms with Gasteiger partial charge in [-0.3, -0.25) is 4.98 Å². The topological polar surface area (TPSA) is 63.8 Å². The Morgan fingerprint density at radius 2 is 1.41 bits per heavy atom. The minimum absolute atomic E-state index is 0.0465. The molecule has 0 atom stereocenters. The second-order valence-corrected chi connectivity index (χ2v) is 14.2. The molecule has 212 valence electrons. The Kier molecular flexibility index (Phi) is 6.84. The van der Waals surface area contributed by atoms with E-state index in [2.05, 4.69) is 110 Å². The van der Waals surface area contributed by atoms with Crippen molar-refractivity contribution in [3.8, 4) is 39.7 Å². The van der Waals surface area contributed by atoms with Gasteiger partial charge in [-0.1, -0.05) is 86.6 Å². The van der Waals surface area contributed by atoms with Gasteiger partial charge in [0.15, 0.2) is 5.82 Å². The average Bonchev–Trinajstić information content (AvgIpc) is 3.23. The Bertz CT molecular complexity index is 1740. The van der Waals surface area contributed by atoms with Crippen molar-refractivity contribution in [3.05, 3.63) is 83.7 Å². The Hall–Kier alpha value is -3.99. The fourth-order valence-electron chi connectivity index (χ4n) is 5.21. The number of fused-ring (bicyclic) bond motifs is 1. The maximum Gasteiger partial charge on any atom is 0.163 e. The van der Waals surface area contributed by atoms with Gasteiger partial charge in [0.1, 0.15) is 11.4 Å². The first-order chi connectivity index (χ1) is 19.1. The normalized spacial score (nSPS) is 12.7. The lowest BCUT2D eigenvalue weighted by atomic mass is 9.82. The van der Waals surface area contributed by atoms with Crippen molar-refractivity contribution < 1.29 is 5.11 Å². The third-order valence-electron chi connectivity index (χ3n) is 7.76. The number of benzene rings is 2. The maximum absolute atomic E-state index is 11.6. The molecule has 3 heterocycles. The summed E-state index contributed by atoms with van der Waals surface area (Å²) in [4.78, 5) is 14.8. The molecule has 0 aliphatic rings. The maximum atomic E-state index is 11.6. The first-order valence-electron chi connectivity index (χ1n) is 14.3. The van der Waals surface area contributed by atoms with Gasteiger partial charge in [0, 0.05) is 41.0 Å². The molecule has 0 aliphatic carbocycles. The highest BCUT2D eigenvalue weighted by atomic mass is 16.3. The van der Waals surface area contributed by atoms with E-state index >= 15 is 0 Å². The van der Waals surface area contributed by atoms with Crippen LogP contribution in [0.4, 0.5) is 0 Å². The molecule has 1 N–H and O–H groups in total. The minimum atomic E-state index is -0.257. The summed E-state index contributed by atoms with van der Waals surface area (Å²) >= 11 is 0. The van der Waals surface area contributed by atoms with Crippen LogP contribution in [-0.2, 0) is 23.3 Å². The minimum Gasteiger partial charge on any atom is -0.505 e. The van der Waals surface area contributed by atoms with Crippen molar-refractivity contribution in [2.24, 2.45) is 7.05 Å². The molecule has 2 aromatic carbocycles. The fourth-order valence-corrected chi connectivity index (χ4v) is 5.21. The molecule has 0 saturated heterocycles. The first-order valence-corrected chi connectivity index (χ1v) is 14.3. The molecular formula is C36H42N4O. The van der Waals surface area contributed by atoms with Crippen LogP contribution < -0.4 is 0 Å². The molecule has 0 aliphatic heterocycles. The van der Waals surface area contributed by atoms with Crippen LogP contribution in [0.1, 0.15) is 79.1 Å². The highest BCUT2D eigenvalue weighted by Crippen LogP contribution is 2.42. The second kappa shape index (κ2) is 9.83. The lowest BCUT2D eigenvalue weighted by Crippen LogP contribution is -2.19. The number of aryl methyl sites for hydroxylation is 1. The molecule has 0 bridgehead atoms. The highest BCUT2D eigenvalue weighted by molar-refractivity contribution is 5.95. The third kappa shape index (κ3) is 5.38. The summed E-state index contributed by atoms with van der Waals surface area (Å²) < 4.78 is 2.05. The molecule has 41 heavy (non-hydrogen) atoms. The van der Waals surface area contributed by atoms with Crippen LogP contribution >= 0.6 is 0 Å². The molecule has 0 fully saturated rings. The molecular weight excluding hydrogens is 504 g/mol. The van der Waals surface area contributed by atoms with Crippen LogP contribution in [0.3, 0.4) is 0 Å². The molecule has 5 rings (SSSR count). The van der Waals surface area contributed by atoms with Crippen LogP contribution in [-0.4, -0.2) is 24.6 Å². The van der Waals surface area contributed by atoms with E-state index in [4.69, 9.17) is 9.97 Å². The zero-order valence-electron chi connectivity index (χ0n) is 26.1. The van der Waals surface area contributed by atoms with E-state index in [1.165, 1.54) is 5.56 Å². The van der Waals surface area contributed by atoms with E-state index in [9.17, 15) is 5.11 Å². The number of imidazole rings is 1. The Labute approximate surface area is 244 Å². The van der Waals surface area contributed by atoms with Gasteiger partial charge in [-0.05, 0) is 58.4 Å². The molecule has 0 spiro atoms. The van der Waals surface area contributed by atoms with Gasteiger partial charge < -0.3 is 9.67 Å². The lowest BCUT2D eigenvalue weighted by Gasteiger charge is -2.26. The predicted octanol–water partition coefficient (Wildman–Crippen LogP) is 8.96. The monoisotopic (exact) mass is 546 g/mol. The summed E-state index contributed by atoms with van der Waals surface area (Å²) in [6, 6.07) is 21.1. The van der Waals surface area contributed by atoms with E-state index < -0.39 is 0 Å². The van der Waals surface area contributed by atoms with Crippen LogP contribution in [0.15, 0.2) is 66.9 Å². The van der Waals surface area contributed by atoms with Crippen molar-refractivity contribution in [1.29, 1.82) is 0 Å². The van der Waals surface area contributed by atoms with Gasteiger partial charge in [0.2, 0.25) is 0 Å². The van der Waals surface area contributed by atoms with E-state index in [-0.39, 0.29) is 22.0 Å². The number of rotatable bonds is 3.